The number of halogens is 1. The quantitative estimate of drug-likeness (QED) is 0.728. The van der Waals surface area contributed by atoms with Gasteiger partial charge in [0, 0.05) is 13.2 Å². The Balaban J connectivity index is 2.65. The van der Waals surface area contributed by atoms with Gasteiger partial charge in [0.15, 0.2) is 0 Å². The second-order valence-corrected chi connectivity index (χ2v) is 3.72. The van der Waals surface area contributed by atoms with E-state index >= 15 is 0 Å². The van der Waals surface area contributed by atoms with E-state index in [1.165, 1.54) is 0 Å². The minimum absolute atomic E-state index is 0.324. The third-order valence-corrected chi connectivity index (χ3v) is 2.75. The minimum atomic E-state index is -0.423. The molecule has 2 rings (SSSR count). The fourth-order valence-corrected chi connectivity index (χ4v) is 2.02. The number of rotatable bonds is 2. The molecule has 0 amide bonds. The fraction of sp³-hybridized carbons (Fsp3) is 0.400. The Morgan fingerprint density at radius 3 is 3.12 bits per heavy atom. The van der Waals surface area contributed by atoms with Gasteiger partial charge in [0.2, 0.25) is 0 Å². The zero-order valence-corrected chi connectivity index (χ0v) is 9.84. The van der Waals surface area contributed by atoms with Gasteiger partial charge in [-0.1, -0.05) is 11.6 Å². The van der Waals surface area contributed by atoms with E-state index in [1.807, 2.05) is 0 Å². The van der Waals surface area contributed by atoms with Gasteiger partial charge in [0.05, 0.1) is 17.0 Å². The second-order valence-electron chi connectivity index (χ2n) is 3.34. The smallest absolute Gasteiger partial charge is 0.356 e. The number of nitrogens with zero attached hydrogens (tertiary/aromatic N) is 2. The lowest BCUT2D eigenvalue weighted by atomic mass is 10.4. The molecule has 1 aromatic heterocycles. The van der Waals surface area contributed by atoms with E-state index in [-0.39, 0.29) is 0 Å². The van der Waals surface area contributed by atoms with E-state index in [9.17, 15) is 4.79 Å². The Bertz CT molecular complexity index is 508. The first-order valence-corrected chi connectivity index (χ1v) is 5.34. The van der Waals surface area contributed by atoms with Gasteiger partial charge in [-0.15, -0.1) is 0 Å². The highest BCUT2D eigenvalue weighted by Crippen LogP contribution is 2.10. The molecule has 1 aliphatic heterocycles. The van der Waals surface area contributed by atoms with Crippen LogP contribution in [0.25, 0.3) is 6.20 Å². The molecule has 1 aliphatic rings. The SMILES string of the molecule is CCOC(=O)c1c(Cl)c2c(n1C)=CNCN=2. The summed E-state index contributed by atoms with van der Waals surface area (Å²) in [4.78, 5) is 15.9. The Morgan fingerprint density at radius 1 is 1.75 bits per heavy atom. The third kappa shape index (κ3) is 1.57. The largest absolute Gasteiger partial charge is 0.461 e. The van der Waals surface area contributed by atoms with Crippen molar-refractivity contribution < 1.29 is 9.53 Å². The van der Waals surface area contributed by atoms with Gasteiger partial charge in [-0.25, -0.2) is 4.79 Å². The zero-order valence-electron chi connectivity index (χ0n) is 9.08. The maximum absolute atomic E-state index is 11.7. The van der Waals surface area contributed by atoms with Crippen molar-refractivity contribution in [3.63, 3.8) is 0 Å². The van der Waals surface area contributed by atoms with Crippen molar-refractivity contribution in [3.8, 4) is 0 Å². The molecule has 0 aromatic carbocycles. The second kappa shape index (κ2) is 4.17. The van der Waals surface area contributed by atoms with Crippen molar-refractivity contribution in [2.75, 3.05) is 13.3 Å². The average molecular weight is 242 g/mol. The third-order valence-electron chi connectivity index (χ3n) is 2.39. The molecule has 0 atom stereocenters. The highest BCUT2D eigenvalue weighted by molar-refractivity contribution is 6.33. The van der Waals surface area contributed by atoms with Crippen molar-refractivity contribution >= 4 is 23.8 Å². The van der Waals surface area contributed by atoms with Crippen LogP contribution in [-0.2, 0) is 11.8 Å². The van der Waals surface area contributed by atoms with Gasteiger partial charge in [-0.3, -0.25) is 4.99 Å². The van der Waals surface area contributed by atoms with Crippen LogP contribution >= 0.6 is 11.6 Å². The van der Waals surface area contributed by atoms with Crippen LogP contribution < -0.4 is 16.0 Å². The summed E-state index contributed by atoms with van der Waals surface area (Å²) in [5.41, 5.74) is 0.345. The molecule has 5 nitrogen and oxygen atoms in total. The number of hydrogen-bond donors (Lipinski definition) is 1. The predicted octanol–water partition coefficient (Wildman–Crippen LogP) is -0.227. The highest BCUT2D eigenvalue weighted by atomic mass is 35.5. The summed E-state index contributed by atoms with van der Waals surface area (Å²) in [5.74, 6) is -0.423. The molecule has 6 heteroatoms. The molecule has 0 radical (unpaired) electrons. The molecule has 0 aliphatic carbocycles. The van der Waals surface area contributed by atoms with Gasteiger partial charge in [0.1, 0.15) is 17.7 Å². The summed E-state index contributed by atoms with van der Waals surface area (Å²) in [6.45, 7) is 2.55. The van der Waals surface area contributed by atoms with Crippen molar-refractivity contribution in [2.24, 2.45) is 12.0 Å². The van der Waals surface area contributed by atoms with Crippen LogP contribution in [0.15, 0.2) is 4.99 Å². The molecular weight excluding hydrogens is 230 g/mol. The summed E-state index contributed by atoms with van der Waals surface area (Å²) in [6, 6.07) is 0. The summed E-state index contributed by atoms with van der Waals surface area (Å²) < 4.78 is 6.63. The standard InChI is InChI=1S/C10H12ClN3O2/c1-3-16-10(15)9-7(11)8-6(14(9)2)4-12-5-13-8/h4,12H,3,5H2,1-2H3. The molecule has 0 saturated heterocycles. The predicted molar refractivity (Wildman–Crippen MR) is 59.6 cm³/mol. The molecule has 0 bridgehead atoms. The Labute approximate surface area is 97.4 Å². The topological polar surface area (TPSA) is 55.6 Å². The van der Waals surface area contributed by atoms with Crippen LogP contribution in [-0.4, -0.2) is 23.8 Å². The van der Waals surface area contributed by atoms with Gasteiger partial charge < -0.3 is 14.6 Å². The summed E-state index contributed by atoms with van der Waals surface area (Å²) >= 11 is 6.11. The number of carbonyl (C=O) groups excluding carboxylic acids is 1. The lowest BCUT2D eigenvalue weighted by Crippen LogP contribution is -2.36. The lowest BCUT2D eigenvalue weighted by Gasteiger charge is -2.03. The van der Waals surface area contributed by atoms with E-state index in [4.69, 9.17) is 16.3 Å². The number of esters is 1. The van der Waals surface area contributed by atoms with Gasteiger partial charge >= 0.3 is 5.97 Å². The Kier molecular flexibility index (Phi) is 2.87. The van der Waals surface area contributed by atoms with E-state index < -0.39 is 5.97 Å². The monoisotopic (exact) mass is 241 g/mol. The van der Waals surface area contributed by atoms with Crippen LogP contribution in [0, 0.1) is 0 Å². The number of hydrogen-bond acceptors (Lipinski definition) is 4. The summed E-state index contributed by atoms with van der Waals surface area (Å²) in [5, 5.41) is 4.76. The van der Waals surface area contributed by atoms with Crippen LogP contribution in [0.1, 0.15) is 17.4 Å². The Hall–Kier alpha value is -1.49. The molecule has 86 valence electrons. The molecule has 1 aromatic rings. The first-order valence-electron chi connectivity index (χ1n) is 4.96. The molecule has 2 heterocycles. The summed E-state index contributed by atoms with van der Waals surface area (Å²) in [6.07, 6.45) is 1.79. The molecule has 0 spiro atoms. The summed E-state index contributed by atoms with van der Waals surface area (Å²) in [7, 11) is 1.76. The molecule has 0 saturated carbocycles. The minimum Gasteiger partial charge on any atom is -0.461 e. The number of fused-ring (bicyclic) bond motifs is 1. The van der Waals surface area contributed by atoms with E-state index in [0.29, 0.717) is 29.3 Å². The van der Waals surface area contributed by atoms with Crippen molar-refractivity contribution in [1.82, 2.24) is 9.88 Å². The van der Waals surface area contributed by atoms with Crippen LogP contribution in [0.3, 0.4) is 0 Å². The lowest BCUT2D eigenvalue weighted by molar-refractivity contribution is 0.0515. The molecule has 16 heavy (non-hydrogen) atoms. The number of aromatic nitrogens is 1. The van der Waals surface area contributed by atoms with Crippen LogP contribution in [0.2, 0.25) is 5.02 Å². The molecule has 0 unspecified atom stereocenters. The van der Waals surface area contributed by atoms with Gasteiger partial charge in [-0.05, 0) is 6.92 Å². The van der Waals surface area contributed by atoms with Gasteiger partial charge in [0.25, 0.3) is 0 Å². The molecule has 0 fully saturated rings. The van der Waals surface area contributed by atoms with Gasteiger partial charge in [-0.2, -0.15) is 0 Å². The Morgan fingerprint density at radius 2 is 2.50 bits per heavy atom. The maximum Gasteiger partial charge on any atom is 0.356 e. The highest BCUT2D eigenvalue weighted by Gasteiger charge is 2.20. The average Bonchev–Trinajstić information content (AvgIpc) is 2.53. The van der Waals surface area contributed by atoms with E-state index in [2.05, 4.69) is 10.3 Å². The molecular formula is C10H12ClN3O2. The van der Waals surface area contributed by atoms with E-state index in [0.717, 1.165) is 5.35 Å². The maximum atomic E-state index is 11.7. The van der Waals surface area contributed by atoms with Crippen LogP contribution in [0.4, 0.5) is 0 Å². The van der Waals surface area contributed by atoms with Crippen molar-refractivity contribution in [2.45, 2.75) is 6.92 Å². The first-order chi connectivity index (χ1) is 7.66. The fourth-order valence-electron chi connectivity index (χ4n) is 1.66. The number of carbonyl (C=O) groups is 1. The normalized spacial score (nSPS) is 13.2. The zero-order chi connectivity index (χ0) is 11.7. The van der Waals surface area contributed by atoms with Crippen molar-refractivity contribution in [3.05, 3.63) is 21.4 Å². The molecule has 1 N–H and O–H groups in total. The van der Waals surface area contributed by atoms with Crippen LogP contribution in [0.5, 0.6) is 0 Å². The van der Waals surface area contributed by atoms with E-state index in [1.54, 1.807) is 24.7 Å². The first kappa shape index (κ1) is 11.0. The van der Waals surface area contributed by atoms with Crippen molar-refractivity contribution in [1.29, 1.82) is 0 Å². The number of nitrogens with one attached hydrogen (secondary N) is 1. The number of ether oxygens (including phenoxy) is 1.